The van der Waals surface area contributed by atoms with Crippen LogP contribution in [0.15, 0.2) is 24.3 Å². The van der Waals surface area contributed by atoms with Crippen LogP contribution in [0, 0.1) is 0 Å². The van der Waals surface area contributed by atoms with Crippen LogP contribution in [0.2, 0.25) is 0 Å². The van der Waals surface area contributed by atoms with Crippen LogP contribution >= 0.6 is 12.2 Å². The summed E-state index contributed by atoms with van der Waals surface area (Å²) in [5, 5.41) is 0.331. The highest BCUT2D eigenvalue weighted by molar-refractivity contribution is 7.80. The first-order valence-electron chi connectivity index (χ1n) is 4.41. The van der Waals surface area contributed by atoms with Crippen molar-refractivity contribution < 1.29 is 4.74 Å². The van der Waals surface area contributed by atoms with Gasteiger partial charge in [-0.15, -0.1) is 0 Å². The van der Waals surface area contributed by atoms with Gasteiger partial charge in [-0.1, -0.05) is 12.1 Å². The molecule has 76 valence electrons. The Morgan fingerprint density at radius 2 is 2.14 bits per heavy atom. The number of nitrogens with two attached hydrogens (primary N) is 1. The lowest BCUT2D eigenvalue weighted by molar-refractivity contribution is 0.341. The van der Waals surface area contributed by atoms with Crippen molar-refractivity contribution in [3.8, 4) is 5.75 Å². The van der Waals surface area contributed by atoms with Crippen LogP contribution in [0.1, 0.15) is 6.92 Å². The van der Waals surface area contributed by atoms with Crippen molar-refractivity contribution in [2.75, 3.05) is 18.6 Å². The fourth-order valence-electron chi connectivity index (χ4n) is 1.13. The minimum Gasteiger partial charge on any atom is -0.492 e. The molecule has 0 aliphatic carbocycles. The van der Waals surface area contributed by atoms with Gasteiger partial charge >= 0.3 is 0 Å². The van der Waals surface area contributed by atoms with Gasteiger partial charge in [0.2, 0.25) is 0 Å². The van der Waals surface area contributed by atoms with E-state index >= 15 is 0 Å². The SMILES string of the molecule is CCOc1ccccc1N(C)C(N)=S. The number of benzene rings is 1. The molecule has 0 spiro atoms. The van der Waals surface area contributed by atoms with Gasteiger partial charge in [0.05, 0.1) is 12.3 Å². The van der Waals surface area contributed by atoms with Gasteiger partial charge in [-0.2, -0.15) is 0 Å². The lowest BCUT2D eigenvalue weighted by atomic mass is 10.3. The van der Waals surface area contributed by atoms with E-state index in [1.807, 2.05) is 38.2 Å². The van der Waals surface area contributed by atoms with Crippen LogP contribution in [-0.4, -0.2) is 18.8 Å². The normalized spacial score (nSPS) is 9.57. The van der Waals surface area contributed by atoms with E-state index in [1.165, 1.54) is 0 Å². The van der Waals surface area contributed by atoms with Crippen molar-refractivity contribution in [3.05, 3.63) is 24.3 Å². The Morgan fingerprint density at radius 3 is 2.71 bits per heavy atom. The zero-order valence-electron chi connectivity index (χ0n) is 8.36. The molecule has 0 bridgehead atoms. The Morgan fingerprint density at radius 1 is 1.50 bits per heavy atom. The summed E-state index contributed by atoms with van der Waals surface area (Å²) in [6, 6.07) is 7.66. The Balaban J connectivity index is 3.00. The van der Waals surface area contributed by atoms with Gasteiger partial charge in [0.15, 0.2) is 5.11 Å². The minimum absolute atomic E-state index is 0.331. The summed E-state index contributed by atoms with van der Waals surface area (Å²) in [6.45, 7) is 2.57. The lowest BCUT2D eigenvalue weighted by Crippen LogP contribution is -2.31. The fourth-order valence-corrected chi connectivity index (χ4v) is 1.23. The van der Waals surface area contributed by atoms with E-state index in [1.54, 1.807) is 4.90 Å². The molecule has 0 aromatic heterocycles. The molecule has 0 aliphatic heterocycles. The van der Waals surface area contributed by atoms with E-state index in [4.69, 9.17) is 22.7 Å². The van der Waals surface area contributed by atoms with Crippen molar-refractivity contribution in [1.29, 1.82) is 0 Å². The molecule has 0 saturated heterocycles. The summed E-state index contributed by atoms with van der Waals surface area (Å²) >= 11 is 4.89. The molecule has 1 rings (SSSR count). The molecule has 0 heterocycles. The van der Waals surface area contributed by atoms with E-state index in [2.05, 4.69) is 0 Å². The maximum Gasteiger partial charge on any atom is 0.170 e. The maximum atomic E-state index is 5.53. The van der Waals surface area contributed by atoms with E-state index in [0.717, 1.165) is 11.4 Å². The summed E-state index contributed by atoms with van der Waals surface area (Å²) in [6.07, 6.45) is 0. The molecule has 0 unspecified atom stereocenters. The summed E-state index contributed by atoms with van der Waals surface area (Å²) in [4.78, 5) is 1.72. The molecule has 3 nitrogen and oxygen atoms in total. The van der Waals surface area contributed by atoms with E-state index < -0.39 is 0 Å². The second kappa shape index (κ2) is 4.81. The van der Waals surface area contributed by atoms with Gasteiger partial charge in [-0.25, -0.2) is 0 Å². The van der Waals surface area contributed by atoms with Gasteiger partial charge in [-0.3, -0.25) is 0 Å². The van der Waals surface area contributed by atoms with Gasteiger partial charge in [0.25, 0.3) is 0 Å². The second-order valence-electron chi connectivity index (χ2n) is 2.80. The molecule has 14 heavy (non-hydrogen) atoms. The molecular formula is C10H14N2OS. The number of anilines is 1. The Labute approximate surface area is 89.5 Å². The Hall–Kier alpha value is -1.29. The standard InChI is InChI=1S/C10H14N2OS/c1-3-13-9-7-5-4-6-8(9)12(2)10(11)14/h4-7H,3H2,1-2H3,(H2,11,14). The molecule has 2 N–H and O–H groups in total. The van der Waals surface area contributed by atoms with Gasteiger partial charge in [0.1, 0.15) is 5.75 Å². The number of rotatable bonds is 3. The monoisotopic (exact) mass is 210 g/mol. The highest BCUT2D eigenvalue weighted by atomic mass is 32.1. The van der Waals surface area contributed by atoms with Crippen molar-refractivity contribution in [2.24, 2.45) is 5.73 Å². The Bertz CT molecular complexity index is 328. The number of thiocarbonyl (C=S) groups is 1. The number of ether oxygens (including phenoxy) is 1. The van der Waals surface area contributed by atoms with Crippen LogP contribution < -0.4 is 15.4 Å². The van der Waals surface area contributed by atoms with Crippen LogP contribution in [0.5, 0.6) is 5.75 Å². The summed E-state index contributed by atoms with van der Waals surface area (Å²) < 4.78 is 5.45. The summed E-state index contributed by atoms with van der Waals surface area (Å²) in [5.74, 6) is 0.797. The van der Waals surface area contributed by atoms with E-state index in [9.17, 15) is 0 Å². The number of hydrogen-bond donors (Lipinski definition) is 1. The van der Waals surface area contributed by atoms with Crippen molar-refractivity contribution >= 4 is 23.0 Å². The molecule has 0 atom stereocenters. The molecule has 0 aliphatic rings. The first-order valence-corrected chi connectivity index (χ1v) is 4.82. The third-order valence-electron chi connectivity index (χ3n) is 1.86. The number of para-hydroxylation sites is 2. The molecule has 1 aromatic rings. The molecule has 0 saturated carbocycles. The third-order valence-corrected chi connectivity index (χ3v) is 2.13. The molecule has 0 radical (unpaired) electrons. The first kappa shape index (κ1) is 10.8. The average Bonchev–Trinajstić information content (AvgIpc) is 2.18. The van der Waals surface area contributed by atoms with E-state index in [-0.39, 0.29) is 0 Å². The summed E-state index contributed by atoms with van der Waals surface area (Å²) in [7, 11) is 1.82. The van der Waals surface area contributed by atoms with E-state index in [0.29, 0.717) is 11.7 Å². The van der Waals surface area contributed by atoms with Crippen molar-refractivity contribution in [2.45, 2.75) is 6.92 Å². The van der Waals surface area contributed by atoms with Crippen LogP contribution in [-0.2, 0) is 0 Å². The highest BCUT2D eigenvalue weighted by Crippen LogP contribution is 2.26. The summed E-state index contributed by atoms with van der Waals surface area (Å²) in [5.41, 5.74) is 6.43. The predicted molar refractivity (Wildman–Crippen MR) is 62.8 cm³/mol. The predicted octanol–water partition coefficient (Wildman–Crippen LogP) is 1.77. The largest absolute Gasteiger partial charge is 0.492 e. The molecule has 0 amide bonds. The minimum atomic E-state index is 0.331. The zero-order valence-corrected chi connectivity index (χ0v) is 9.17. The third kappa shape index (κ3) is 2.35. The average molecular weight is 210 g/mol. The van der Waals surface area contributed by atoms with Crippen molar-refractivity contribution in [1.82, 2.24) is 0 Å². The quantitative estimate of drug-likeness (QED) is 0.772. The highest BCUT2D eigenvalue weighted by Gasteiger charge is 2.08. The number of hydrogen-bond acceptors (Lipinski definition) is 2. The molecule has 4 heteroatoms. The van der Waals surface area contributed by atoms with Crippen LogP contribution in [0.4, 0.5) is 5.69 Å². The van der Waals surface area contributed by atoms with Crippen molar-refractivity contribution in [3.63, 3.8) is 0 Å². The lowest BCUT2D eigenvalue weighted by Gasteiger charge is -2.19. The molecule has 0 fully saturated rings. The zero-order chi connectivity index (χ0) is 10.6. The Kier molecular flexibility index (Phi) is 3.71. The smallest absolute Gasteiger partial charge is 0.170 e. The number of nitrogens with zero attached hydrogens (tertiary/aromatic N) is 1. The van der Waals surface area contributed by atoms with Gasteiger partial charge in [0, 0.05) is 7.05 Å². The maximum absolute atomic E-state index is 5.53. The fraction of sp³-hybridized carbons (Fsp3) is 0.300. The molecule has 1 aromatic carbocycles. The van der Waals surface area contributed by atoms with Gasteiger partial charge in [-0.05, 0) is 31.3 Å². The first-order chi connectivity index (χ1) is 6.66. The topological polar surface area (TPSA) is 38.5 Å². The van der Waals surface area contributed by atoms with Crippen LogP contribution in [0.3, 0.4) is 0 Å². The second-order valence-corrected chi connectivity index (χ2v) is 3.22. The molecular weight excluding hydrogens is 196 g/mol. The van der Waals surface area contributed by atoms with Gasteiger partial charge < -0.3 is 15.4 Å². The van der Waals surface area contributed by atoms with Crippen LogP contribution in [0.25, 0.3) is 0 Å².